The van der Waals surface area contributed by atoms with E-state index in [4.69, 9.17) is 19.7 Å². The van der Waals surface area contributed by atoms with Crippen molar-refractivity contribution in [3.63, 3.8) is 0 Å². The first-order valence-corrected chi connectivity index (χ1v) is 12.6. The molecule has 0 saturated heterocycles. The van der Waals surface area contributed by atoms with Crippen LogP contribution in [0.5, 0.6) is 0 Å². The summed E-state index contributed by atoms with van der Waals surface area (Å²) in [7, 11) is -1.23. The summed E-state index contributed by atoms with van der Waals surface area (Å²) in [6.07, 6.45) is 0. The fourth-order valence-electron chi connectivity index (χ4n) is 0.246. The third-order valence-corrected chi connectivity index (χ3v) is 2.00. The standard InChI is InChI=1S/C5H11OSi.3C4H10O.W/c1-5-6-7(2,3)4;3*1-4(2,3)5;/h5H2,2-4H3;3*5H,1-3H3;. The van der Waals surface area contributed by atoms with E-state index in [9.17, 15) is 0 Å². The fraction of sp³-hybridized carbons (Fsp3) is 0.941. The second-order valence-electron chi connectivity index (χ2n) is 9.06. The Morgan fingerprint density at radius 1 is 0.739 bits per heavy atom. The van der Waals surface area contributed by atoms with Gasteiger partial charge in [0.05, 0.1) is 16.8 Å². The molecule has 0 aliphatic carbocycles. The minimum absolute atomic E-state index is 0.500. The molecule has 0 fully saturated rings. The first-order valence-electron chi connectivity index (χ1n) is 7.72. The molecule has 0 aromatic rings. The molecule has 143 valence electrons. The van der Waals surface area contributed by atoms with Crippen molar-refractivity contribution in [2.75, 3.05) is 6.61 Å². The van der Waals surface area contributed by atoms with Gasteiger partial charge in [-0.05, 0) is 62.3 Å². The summed E-state index contributed by atoms with van der Waals surface area (Å²) in [6.45, 7) is 23.0. The molecule has 0 spiro atoms. The average molecular weight is 521 g/mol. The molecule has 0 rings (SSSR count). The van der Waals surface area contributed by atoms with Crippen molar-refractivity contribution < 1.29 is 38.9 Å². The van der Waals surface area contributed by atoms with Crippen molar-refractivity contribution in [1.29, 1.82) is 0 Å². The van der Waals surface area contributed by atoms with Gasteiger partial charge < -0.3 is 15.3 Å². The summed E-state index contributed by atoms with van der Waals surface area (Å²) in [5.74, 6) is 0. The molecule has 0 aromatic carbocycles. The van der Waals surface area contributed by atoms with E-state index >= 15 is 0 Å². The van der Waals surface area contributed by atoms with Gasteiger partial charge in [-0.2, -0.15) is 0 Å². The van der Waals surface area contributed by atoms with Crippen LogP contribution in [0, 0.1) is 4.20 Å². The average Bonchev–Trinajstić information content (AvgIpc) is 2.04. The topological polar surface area (TPSA) is 69.9 Å². The molecule has 0 bridgehead atoms. The van der Waals surface area contributed by atoms with Crippen LogP contribution in [-0.4, -0.2) is 47.0 Å². The summed E-state index contributed by atoms with van der Waals surface area (Å²) in [4.78, 5) is 0. The second kappa shape index (κ2) is 13.8. The fourth-order valence-corrected chi connectivity index (χ4v) is 1.37. The second-order valence-corrected chi connectivity index (χ2v) is 14.6. The Balaban J connectivity index is -0.000000108. The van der Waals surface area contributed by atoms with Crippen LogP contribution in [0.4, 0.5) is 0 Å². The van der Waals surface area contributed by atoms with E-state index in [-0.39, 0.29) is 0 Å². The van der Waals surface area contributed by atoms with Crippen LogP contribution in [0.2, 0.25) is 19.6 Å². The molecule has 0 heterocycles. The van der Waals surface area contributed by atoms with E-state index < -0.39 is 25.1 Å². The summed E-state index contributed by atoms with van der Waals surface area (Å²) in [6, 6.07) is 0. The van der Waals surface area contributed by atoms with E-state index in [2.05, 4.69) is 23.8 Å². The molecule has 0 saturated carbocycles. The third kappa shape index (κ3) is 311. The van der Waals surface area contributed by atoms with Gasteiger partial charge in [-0.15, -0.1) is 0 Å². The van der Waals surface area contributed by atoms with Crippen LogP contribution in [0.3, 0.4) is 0 Å². The Labute approximate surface area is 156 Å². The Morgan fingerprint density at radius 2 is 0.913 bits per heavy atom. The molecule has 0 aromatic heterocycles. The van der Waals surface area contributed by atoms with Crippen molar-refractivity contribution in [2.45, 2.75) is 98.8 Å². The zero-order valence-corrected chi connectivity index (χ0v) is 21.3. The monoisotopic (exact) mass is 521 g/mol. The van der Waals surface area contributed by atoms with Gasteiger partial charge in [-0.1, -0.05) is 0 Å². The van der Waals surface area contributed by atoms with E-state index in [1.54, 1.807) is 62.3 Å². The Kier molecular flexibility index (Phi) is 18.8. The Bertz CT molecular complexity index is 252. The van der Waals surface area contributed by atoms with E-state index in [0.29, 0.717) is 0 Å². The van der Waals surface area contributed by atoms with Crippen LogP contribution >= 0.6 is 0 Å². The van der Waals surface area contributed by atoms with Crippen molar-refractivity contribution in [2.24, 2.45) is 0 Å². The summed E-state index contributed by atoms with van der Waals surface area (Å²) in [5, 5.41) is 25.6. The zero-order valence-electron chi connectivity index (χ0n) is 17.4. The molecule has 0 unspecified atom stereocenters. The van der Waals surface area contributed by atoms with Crippen LogP contribution in [-0.2, 0) is 23.6 Å². The quantitative estimate of drug-likeness (QED) is 0.486. The molecule has 23 heavy (non-hydrogen) atoms. The predicted octanol–water partition coefficient (Wildman–Crippen LogP) is 3.68. The maximum atomic E-state index is 8.52. The predicted molar refractivity (Wildman–Crippen MR) is 99.1 cm³/mol. The molecule has 4 nitrogen and oxygen atoms in total. The SMILES string of the molecule is CC(C)(C)O.CC(C)(C)O.CC(C)(C)O.C[Si](C)(C)OC[C]#[W]. The first-order chi connectivity index (χ1) is 9.56. The van der Waals surface area contributed by atoms with E-state index in [1.807, 2.05) is 0 Å². The number of aliphatic hydroxyl groups is 3. The molecule has 0 atom stereocenters. The van der Waals surface area contributed by atoms with Crippen LogP contribution < -0.4 is 0 Å². The molecular formula is C17H41O4SiW. The molecule has 0 aliphatic heterocycles. The van der Waals surface area contributed by atoms with E-state index in [1.165, 1.54) is 19.2 Å². The van der Waals surface area contributed by atoms with Crippen molar-refractivity contribution in [3.05, 3.63) is 0 Å². The van der Waals surface area contributed by atoms with Gasteiger partial charge in [0.1, 0.15) is 0 Å². The molecule has 6 heteroatoms. The Morgan fingerprint density at radius 3 is 0.957 bits per heavy atom. The van der Waals surface area contributed by atoms with Crippen LogP contribution in [0.25, 0.3) is 0 Å². The summed E-state index contributed by atoms with van der Waals surface area (Å²) in [5.41, 5.74) is -1.50. The number of hydrogen-bond acceptors (Lipinski definition) is 4. The van der Waals surface area contributed by atoms with Crippen molar-refractivity contribution in [1.82, 2.24) is 0 Å². The molecule has 0 aliphatic rings. The van der Waals surface area contributed by atoms with Gasteiger partial charge in [0.2, 0.25) is 0 Å². The number of hydrogen-bond donors (Lipinski definition) is 3. The number of rotatable bonds is 2. The normalized spacial score (nSPS) is 11.6. The minimum atomic E-state index is -1.23. The third-order valence-electron chi connectivity index (χ3n) is 0.564. The molecule has 0 radical (unpaired) electrons. The molecule has 0 amide bonds. The van der Waals surface area contributed by atoms with Crippen molar-refractivity contribution >= 4 is 8.32 Å². The van der Waals surface area contributed by atoms with Crippen LogP contribution in [0.1, 0.15) is 62.3 Å². The molecule has 3 N–H and O–H groups in total. The van der Waals surface area contributed by atoms with Gasteiger partial charge in [0, 0.05) is 0 Å². The Hall–Kier alpha value is 0.525. The first kappa shape index (κ1) is 31.3. The van der Waals surface area contributed by atoms with E-state index in [0.717, 1.165) is 6.61 Å². The van der Waals surface area contributed by atoms with Crippen molar-refractivity contribution in [3.8, 4) is 4.20 Å². The summed E-state index contributed by atoms with van der Waals surface area (Å²) >= 11 is 1.37. The van der Waals surface area contributed by atoms with Gasteiger partial charge >= 0.3 is 62.3 Å². The summed E-state index contributed by atoms with van der Waals surface area (Å²) < 4.78 is 8.45. The maximum absolute atomic E-state index is 8.52. The van der Waals surface area contributed by atoms with Gasteiger partial charge in [-0.25, -0.2) is 0 Å². The molecular weight excluding hydrogens is 480 g/mol. The van der Waals surface area contributed by atoms with Crippen LogP contribution in [0.15, 0.2) is 0 Å². The zero-order chi connectivity index (χ0) is 20.1. The van der Waals surface area contributed by atoms with Gasteiger partial charge in [0.25, 0.3) is 0 Å². The van der Waals surface area contributed by atoms with Gasteiger partial charge in [0.15, 0.2) is 0 Å². The van der Waals surface area contributed by atoms with Gasteiger partial charge in [-0.3, -0.25) is 0 Å².